The molecule has 4 rings (SSSR count). The predicted molar refractivity (Wildman–Crippen MR) is 82.9 cm³/mol. The molecule has 1 N–H and O–H groups in total. The SMILES string of the molecule is O=C(C1C=CC(c2ccc3c(c2)OCO3)NO1)N1CCCCC1. The summed E-state index contributed by atoms with van der Waals surface area (Å²) >= 11 is 0. The normalized spacial score (nSPS) is 26.3. The number of piperidine rings is 1. The van der Waals surface area contributed by atoms with Gasteiger partial charge in [-0.1, -0.05) is 12.1 Å². The van der Waals surface area contributed by atoms with E-state index in [4.69, 9.17) is 14.3 Å². The van der Waals surface area contributed by atoms with Crippen LogP contribution in [0.3, 0.4) is 0 Å². The lowest BCUT2D eigenvalue weighted by Gasteiger charge is -2.31. The Morgan fingerprint density at radius 1 is 1.09 bits per heavy atom. The van der Waals surface area contributed by atoms with E-state index in [9.17, 15) is 4.79 Å². The van der Waals surface area contributed by atoms with Gasteiger partial charge in [-0.2, -0.15) is 5.48 Å². The number of benzene rings is 1. The fraction of sp³-hybridized carbons (Fsp3) is 0.471. The number of nitrogens with zero attached hydrogens (tertiary/aromatic N) is 1. The average molecular weight is 316 g/mol. The summed E-state index contributed by atoms with van der Waals surface area (Å²) in [4.78, 5) is 19.9. The van der Waals surface area contributed by atoms with E-state index >= 15 is 0 Å². The maximum absolute atomic E-state index is 12.4. The smallest absolute Gasteiger partial charge is 0.257 e. The number of hydrogen-bond donors (Lipinski definition) is 1. The van der Waals surface area contributed by atoms with Gasteiger partial charge in [0.2, 0.25) is 6.79 Å². The van der Waals surface area contributed by atoms with Crippen molar-refractivity contribution in [3.63, 3.8) is 0 Å². The van der Waals surface area contributed by atoms with Crippen LogP contribution in [0.4, 0.5) is 0 Å². The fourth-order valence-corrected chi connectivity index (χ4v) is 3.15. The number of likely N-dealkylation sites (tertiary alicyclic amines) is 1. The summed E-state index contributed by atoms with van der Waals surface area (Å²) in [5.41, 5.74) is 3.97. The highest BCUT2D eigenvalue weighted by Gasteiger charge is 2.28. The van der Waals surface area contributed by atoms with Gasteiger partial charge in [-0.3, -0.25) is 9.63 Å². The van der Waals surface area contributed by atoms with Crippen LogP contribution in [0.25, 0.3) is 0 Å². The molecule has 23 heavy (non-hydrogen) atoms. The Kier molecular flexibility index (Phi) is 3.93. The van der Waals surface area contributed by atoms with Gasteiger partial charge in [0.15, 0.2) is 17.6 Å². The van der Waals surface area contributed by atoms with Gasteiger partial charge in [0, 0.05) is 13.1 Å². The van der Waals surface area contributed by atoms with Crippen LogP contribution in [0.5, 0.6) is 11.5 Å². The average Bonchev–Trinajstić information content (AvgIpc) is 3.10. The number of hydroxylamine groups is 1. The first-order valence-electron chi connectivity index (χ1n) is 8.09. The van der Waals surface area contributed by atoms with Gasteiger partial charge in [-0.15, -0.1) is 0 Å². The van der Waals surface area contributed by atoms with Crippen LogP contribution in [0, 0.1) is 0 Å². The third-order valence-electron chi connectivity index (χ3n) is 4.47. The van der Waals surface area contributed by atoms with Crippen LogP contribution >= 0.6 is 0 Å². The number of carbonyl (C=O) groups is 1. The molecule has 3 aliphatic rings. The second kappa shape index (κ2) is 6.22. The van der Waals surface area contributed by atoms with Crippen LogP contribution in [0.2, 0.25) is 0 Å². The molecule has 2 unspecified atom stereocenters. The maximum Gasteiger partial charge on any atom is 0.257 e. The van der Waals surface area contributed by atoms with Crippen LogP contribution in [-0.4, -0.2) is 36.8 Å². The quantitative estimate of drug-likeness (QED) is 0.845. The van der Waals surface area contributed by atoms with E-state index in [-0.39, 0.29) is 18.7 Å². The third-order valence-corrected chi connectivity index (χ3v) is 4.47. The Morgan fingerprint density at radius 3 is 2.70 bits per heavy atom. The van der Waals surface area contributed by atoms with Crippen LogP contribution in [0.1, 0.15) is 30.9 Å². The lowest BCUT2D eigenvalue weighted by molar-refractivity contribution is -0.148. The highest BCUT2D eigenvalue weighted by molar-refractivity contribution is 5.83. The minimum atomic E-state index is -0.543. The summed E-state index contributed by atoms with van der Waals surface area (Å²) in [6.07, 6.45) is 6.62. The zero-order valence-electron chi connectivity index (χ0n) is 12.9. The molecule has 0 aromatic heterocycles. The third kappa shape index (κ3) is 2.92. The van der Waals surface area contributed by atoms with Crippen molar-refractivity contribution in [3.05, 3.63) is 35.9 Å². The topological polar surface area (TPSA) is 60.0 Å². The fourth-order valence-electron chi connectivity index (χ4n) is 3.15. The summed E-state index contributed by atoms with van der Waals surface area (Å²) in [6, 6.07) is 5.68. The molecule has 0 spiro atoms. The van der Waals surface area contributed by atoms with Gasteiger partial charge in [-0.25, -0.2) is 0 Å². The Bertz CT molecular complexity index is 625. The van der Waals surface area contributed by atoms with E-state index in [0.29, 0.717) is 0 Å². The standard InChI is InChI=1S/C17H20N2O4/c20-17(19-8-2-1-3-9-19)15-7-5-13(18-23-15)12-4-6-14-16(10-12)22-11-21-14/h4-7,10,13,15,18H,1-3,8-9,11H2. The van der Waals surface area contributed by atoms with Gasteiger partial charge < -0.3 is 14.4 Å². The molecule has 2 atom stereocenters. The summed E-state index contributed by atoms with van der Waals surface area (Å²) < 4.78 is 10.7. The number of nitrogens with one attached hydrogen (secondary N) is 1. The lowest BCUT2D eigenvalue weighted by atomic mass is 10.0. The molecule has 1 fully saturated rings. The second-order valence-corrected chi connectivity index (χ2v) is 6.02. The highest BCUT2D eigenvalue weighted by atomic mass is 16.7. The van der Waals surface area contributed by atoms with Crippen LogP contribution < -0.4 is 15.0 Å². The molecule has 6 heteroatoms. The largest absolute Gasteiger partial charge is 0.454 e. The zero-order chi connectivity index (χ0) is 15.6. The predicted octanol–water partition coefficient (Wildman–Crippen LogP) is 1.93. The first-order valence-corrected chi connectivity index (χ1v) is 8.09. The van der Waals surface area contributed by atoms with Crippen molar-refractivity contribution in [2.75, 3.05) is 19.9 Å². The van der Waals surface area contributed by atoms with Crippen molar-refractivity contribution in [2.45, 2.75) is 31.4 Å². The number of carbonyl (C=O) groups excluding carboxylic acids is 1. The van der Waals surface area contributed by atoms with Crippen molar-refractivity contribution >= 4 is 5.91 Å². The molecule has 122 valence electrons. The van der Waals surface area contributed by atoms with E-state index in [1.807, 2.05) is 35.3 Å². The molecule has 6 nitrogen and oxygen atoms in total. The lowest BCUT2D eigenvalue weighted by Crippen LogP contribution is -2.45. The highest BCUT2D eigenvalue weighted by Crippen LogP contribution is 2.35. The summed E-state index contributed by atoms with van der Waals surface area (Å²) in [5, 5.41) is 0. The van der Waals surface area contributed by atoms with E-state index in [1.54, 1.807) is 0 Å². The number of rotatable bonds is 2. The second-order valence-electron chi connectivity index (χ2n) is 6.02. The van der Waals surface area contributed by atoms with Crippen molar-refractivity contribution in [2.24, 2.45) is 0 Å². The van der Waals surface area contributed by atoms with Crippen molar-refractivity contribution in [1.29, 1.82) is 0 Å². The van der Waals surface area contributed by atoms with Crippen molar-refractivity contribution < 1.29 is 19.1 Å². The molecular formula is C17H20N2O4. The number of hydrogen-bond acceptors (Lipinski definition) is 5. The molecule has 3 heterocycles. The van der Waals surface area contributed by atoms with Gasteiger partial charge in [-0.05, 0) is 43.0 Å². The molecule has 1 aromatic carbocycles. The molecular weight excluding hydrogens is 296 g/mol. The van der Waals surface area contributed by atoms with Gasteiger partial charge in [0.1, 0.15) is 0 Å². The van der Waals surface area contributed by atoms with Crippen molar-refractivity contribution in [1.82, 2.24) is 10.4 Å². The minimum absolute atomic E-state index is 0.0394. The van der Waals surface area contributed by atoms with E-state index in [0.717, 1.165) is 43.0 Å². The molecule has 0 bridgehead atoms. The Hall–Kier alpha value is -2.05. The first-order chi connectivity index (χ1) is 11.3. The first kappa shape index (κ1) is 14.5. The van der Waals surface area contributed by atoms with E-state index < -0.39 is 6.10 Å². The molecule has 3 aliphatic heterocycles. The summed E-state index contributed by atoms with van der Waals surface area (Å²) in [6.45, 7) is 1.92. The Morgan fingerprint density at radius 2 is 1.91 bits per heavy atom. The monoisotopic (exact) mass is 316 g/mol. The Balaban J connectivity index is 1.43. The van der Waals surface area contributed by atoms with Gasteiger partial charge in [0.25, 0.3) is 5.91 Å². The number of ether oxygens (including phenoxy) is 2. The maximum atomic E-state index is 12.4. The summed E-state index contributed by atoms with van der Waals surface area (Å²) in [7, 11) is 0. The Labute approximate surface area is 135 Å². The van der Waals surface area contributed by atoms with E-state index in [2.05, 4.69) is 5.48 Å². The molecule has 0 aliphatic carbocycles. The molecule has 0 radical (unpaired) electrons. The summed E-state index contributed by atoms with van der Waals surface area (Å²) in [5.74, 6) is 1.54. The number of fused-ring (bicyclic) bond motifs is 1. The van der Waals surface area contributed by atoms with Gasteiger partial charge in [0.05, 0.1) is 6.04 Å². The van der Waals surface area contributed by atoms with Crippen LogP contribution in [0.15, 0.2) is 30.4 Å². The zero-order valence-corrected chi connectivity index (χ0v) is 12.9. The van der Waals surface area contributed by atoms with Crippen LogP contribution in [-0.2, 0) is 9.63 Å². The van der Waals surface area contributed by atoms with Crippen molar-refractivity contribution in [3.8, 4) is 11.5 Å². The van der Waals surface area contributed by atoms with Gasteiger partial charge >= 0.3 is 0 Å². The molecule has 0 saturated carbocycles. The molecule has 1 saturated heterocycles. The number of amides is 1. The van der Waals surface area contributed by atoms with E-state index in [1.165, 1.54) is 6.42 Å². The molecule has 1 amide bonds. The molecule has 1 aromatic rings. The minimum Gasteiger partial charge on any atom is -0.454 e.